The lowest BCUT2D eigenvalue weighted by Crippen LogP contribution is -1.96. The second kappa shape index (κ2) is 3.35. The highest BCUT2D eigenvalue weighted by Crippen LogP contribution is 2.26. The molecule has 0 atom stereocenters. The van der Waals surface area contributed by atoms with E-state index in [4.69, 9.17) is 5.73 Å². The van der Waals surface area contributed by atoms with Crippen molar-refractivity contribution in [2.75, 3.05) is 5.73 Å². The first-order valence-electron chi connectivity index (χ1n) is 5.38. The molecule has 86 valence electrons. The van der Waals surface area contributed by atoms with Gasteiger partial charge in [0.25, 0.3) is 0 Å². The maximum Gasteiger partial charge on any atom is 0.142 e. The van der Waals surface area contributed by atoms with Crippen molar-refractivity contribution < 1.29 is 0 Å². The highest BCUT2D eigenvalue weighted by molar-refractivity contribution is 5.73. The predicted molar refractivity (Wildman–Crippen MR) is 66.5 cm³/mol. The van der Waals surface area contributed by atoms with Crippen LogP contribution in [0.1, 0.15) is 5.56 Å². The average Bonchev–Trinajstić information content (AvgIpc) is 2.85. The van der Waals surface area contributed by atoms with E-state index in [2.05, 4.69) is 9.97 Å². The number of imidazole rings is 2. The maximum absolute atomic E-state index is 6.13. The normalized spacial score (nSPS) is 11.2. The summed E-state index contributed by atoms with van der Waals surface area (Å²) in [6, 6.07) is 3.99. The second-order valence-electron chi connectivity index (χ2n) is 4.12. The van der Waals surface area contributed by atoms with Gasteiger partial charge < -0.3 is 10.3 Å². The first-order valence-corrected chi connectivity index (χ1v) is 5.38. The van der Waals surface area contributed by atoms with Gasteiger partial charge in [0.2, 0.25) is 0 Å². The monoisotopic (exact) mass is 227 g/mol. The minimum atomic E-state index is 0.646. The lowest BCUT2D eigenvalue weighted by molar-refractivity contribution is 0.918. The molecule has 0 saturated heterocycles. The van der Waals surface area contributed by atoms with E-state index in [0.717, 1.165) is 22.6 Å². The lowest BCUT2D eigenvalue weighted by atomic mass is 10.3. The smallest absolute Gasteiger partial charge is 0.142 e. The number of rotatable bonds is 1. The zero-order valence-corrected chi connectivity index (χ0v) is 9.75. The van der Waals surface area contributed by atoms with Gasteiger partial charge in [-0.2, -0.15) is 0 Å². The predicted octanol–water partition coefficient (Wildman–Crippen LogP) is 1.63. The van der Waals surface area contributed by atoms with Crippen molar-refractivity contribution in [2.45, 2.75) is 6.92 Å². The average molecular weight is 227 g/mol. The number of aromatic nitrogens is 4. The van der Waals surface area contributed by atoms with Crippen molar-refractivity contribution in [3.63, 3.8) is 0 Å². The van der Waals surface area contributed by atoms with Crippen molar-refractivity contribution in [2.24, 2.45) is 7.05 Å². The summed E-state index contributed by atoms with van der Waals surface area (Å²) in [5.41, 5.74) is 9.82. The number of nitrogen functional groups attached to an aromatic ring is 1. The van der Waals surface area contributed by atoms with Gasteiger partial charge in [0.1, 0.15) is 17.2 Å². The van der Waals surface area contributed by atoms with Crippen molar-refractivity contribution in [1.82, 2.24) is 18.9 Å². The van der Waals surface area contributed by atoms with Crippen LogP contribution in [-0.2, 0) is 7.05 Å². The van der Waals surface area contributed by atoms with Crippen LogP contribution in [0.15, 0.2) is 30.9 Å². The molecule has 0 aliphatic rings. The van der Waals surface area contributed by atoms with Gasteiger partial charge in [0.05, 0.1) is 18.2 Å². The first kappa shape index (κ1) is 9.89. The molecule has 2 N–H and O–H groups in total. The van der Waals surface area contributed by atoms with Crippen molar-refractivity contribution in [3.8, 4) is 11.4 Å². The van der Waals surface area contributed by atoms with E-state index < -0.39 is 0 Å². The van der Waals surface area contributed by atoms with E-state index in [0.29, 0.717) is 5.82 Å². The summed E-state index contributed by atoms with van der Waals surface area (Å²) in [4.78, 5) is 8.68. The molecule has 0 unspecified atom stereocenters. The molecule has 3 aromatic rings. The topological polar surface area (TPSA) is 61.1 Å². The molecule has 0 aromatic carbocycles. The van der Waals surface area contributed by atoms with E-state index in [1.807, 2.05) is 41.3 Å². The van der Waals surface area contributed by atoms with E-state index in [9.17, 15) is 0 Å². The van der Waals surface area contributed by atoms with Gasteiger partial charge in [-0.15, -0.1) is 0 Å². The van der Waals surface area contributed by atoms with E-state index in [1.165, 1.54) is 0 Å². The molecule has 5 heteroatoms. The van der Waals surface area contributed by atoms with Gasteiger partial charge in [-0.1, -0.05) is 6.07 Å². The summed E-state index contributed by atoms with van der Waals surface area (Å²) in [6.45, 7) is 2.02. The SMILES string of the molecule is Cc1cccn2c(N)c(-c3cncn3C)nc12. The van der Waals surface area contributed by atoms with Crippen molar-refractivity contribution in [3.05, 3.63) is 36.4 Å². The van der Waals surface area contributed by atoms with Gasteiger partial charge in [-0.05, 0) is 18.6 Å². The van der Waals surface area contributed by atoms with Crippen LogP contribution in [0.2, 0.25) is 0 Å². The van der Waals surface area contributed by atoms with E-state index >= 15 is 0 Å². The summed E-state index contributed by atoms with van der Waals surface area (Å²) >= 11 is 0. The zero-order valence-electron chi connectivity index (χ0n) is 9.75. The standard InChI is InChI=1S/C12H13N5/c1-8-4-3-5-17-11(13)10(15-12(8)17)9-6-14-7-16(9)2/h3-7H,13H2,1-2H3. The quantitative estimate of drug-likeness (QED) is 0.687. The summed E-state index contributed by atoms with van der Waals surface area (Å²) in [5.74, 6) is 0.646. The van der Waals surface area contributed by atoms with Gasteiger partial charge in [-0.3, -0.25) is 4.40 Å². The fourth-order valence-electron chi connectivity index (χ4n) is 2.00. The molecule has 0 aliphatic heterocycles. The molecule has 3 aromatic heterocycles. The van der Waals surface area contributed by atoms with Crippen LogP contribution >= 0.6 is 0 Å². The minimum absolute atomic E-state index is 0.646. The first-order chi connectivity index (χ1) is 8.18. The Bertz CT molecular complexity index is 692. The van der Waals surface area contributed by atoms with E-state index in [-0.39, 0.29) is 0 Å². The molecule has 0 spiro atoms. The summed E-state index contributed by atoms with van der Waals surface area (Å²) < 4.78 is 3.81. The molecule has 3 rings (SSSR count). The minimum Gasteiger partial charge on any atom is -0.383 e. The number of nitrogens with two attached hydrogens (primary N) is 1. The van der Waals surface area contributed by atoms with Crippen LogP contribution in [0.3, 0.4) is 0 Å². The molecule has 0 saturated carbocycles. The Morgan fingerprint density at radius 2 is 2.18 bits per heavy atom. The Labute approximate surface area is 98.5 Å². The molecule has 0 amide bonds. The molecule has 0 aliphatic carbocycles. The number of nitrogens with zero attached hydrogens (tertiary/aromatic N) is 4. The number of aryl methyl sites for hydroxylation is 2. The highest BCUT2D eigenvalue weighted by atomic mass is 15.1. The van der Waals surface area contributed by atoms with Crippen LogP contribution in [0.4, 0.5) is 5.82 Å². The molecule has 3 heterocycles. The Hall–Kier alpha value is -2.30. The lowest BCUT2D eigenvalue weighted by Gasteiger charge is -1.99. The molecule has 17 heavy (non-hydrogen) atoms. The Morgan fingerprint density at radius 3 is 2.82 bits per heavy atom. The second-order valence-corrected chi connectivity index (χ2v) is 4.12. The summed E-state index contributed by atoms with van der Waals surface area (Å²) in [7, 11) is 1.93. The van der Waals surface area contributed by atoms with Gasteiger partial charge in [0.15, 0.2) is 0 Å². The third kappa shape index (κ3) is 1.32. The third-order valence-electron chi connectivity index (χ3n) is 2.94. The van der Waals surface area contributed by atoms with Gasteiger partial charge >= 0.3 is 0 Å². The van der Waals surface area contributed by atoms with Gasteiger partial charge in [-0.25, -0.2) is 9.97 Å². The molecule has 0 bridgehead atoms. The molecule has 5 nitrogen and oxygen atoms in total. The van der Waals surface area contributed by atoms with E-state index in [1.54, 1.807) is 12.5 Å². The fourth-order valence-corrected chi connectivity index (χ4v) is 2.00. The van der Waals surface area contributed by atoms with Crippen LogP contribution < -0.4 is 5.73 Å². The Balaban J connectivity index is 2.36. The third-order valence-corrected chi connectivity index (χ3v) is 2.94. The van der Waals surface area contributed by atoms with Crippen molar-refractivity contribution >= 4 is 11.5 Å². The zero-order chi connectivity index (χ0) is 12.0. The van der Waals surface area contributed by atoms with Crippen LogP contribution in [-0.4, -0.2) is 18.9 Å². The van der Waals surface area contributed by atoms with Gasteiger partial charge in [0, 0.05) is 13.2 Å². The summed E-state index contributed by atoms with van der Waals surface area (Å²) in [6.07, 6.45) is 5.43. The fraction of sp³-hybridized carbons (Fsp3) is 0.167. The number of anilines is 1. The largest absolute Gasteiger partial charge is 0.383 e. The van der Waals surface area contributed by atoms with Crippen LogP contribution in [0.25, 0.3) is 17.0 Å². The molecule has 0 radical (unpaired) electrons. The summed E-state index contributed by atoms with van der Waals surface area (Å²) in [5, 5.41) is 0. The van der Waals surface area contributed by atoms with Crippen molar-refractivity contribution in [1.29, 1.82) is 0 Å². The number of fused-ring (bicyclic) bond motifs is 1. The molecule has 0 fully saturated rings. The number of pyridine rings is 1. The van der Waals surface area contributed by atoms with Crippen LogP contribution in [0, 0.1) is 6.92 Å². The number of hydrogen-bond donors (Lipinski definition) is 1. The van der Waals surface area contributed by atoms with Crippen LogP contribution in [0.5, 0.6) is 0 Å². The highest BCUT2D eigenvalue weighted by Gasteiger charge is 2.14. The Morgan fingerprint density at radius 1 is 1.35 bits per heavy atom. The maximum atomic E-state index is 6.13. The number of hydrogen-bond acceptors (Lipinski definition) is 3. The molecular weight excluding hydrogens is 214 g/mol. The Kier molecular flexibility index (Phi) is 1.95. The molecular formula is C12H13N5.